The molecule has 0 heterocycles. The maximum atomic E-state index is 11.9. The van der Waals surface area contributed by atoms with E-state index in [0.29, 0.717) is 17.5 Å². The number of carbonyl (C=O) groups excluding carboxylic acids is 2. The van der Waals surface area contributed by atoms with Crippen molar-refractivity contribution in [2.45, 2.75) is 26.7 Å². The average Bonchev–Trinajstić information content (AvgIpc) is 2.39. The van der Waals surface area contributed by atoms with Crippen LogP contribution in [-0.4, -0.2) is 23.7 Å². The van der Waals surface area contributed by atoms with Crippen LogP contribution in [-0.2, 0) is 22.4 Å². The lowest BCUT2D eigenvalue weighted by atomic mass is 9.99. The van der Waals surface area contributed by atoms with Gasteiger partial charge >= 0.3 is 5.97 Å². The van der Waals surface area contributed by atoms with E-state index in [4.69, 9.17) is 4.74 Å². The molecule has 0 saturated heterocycles. The number of aryl methyl sites for hydroxylation is 1. The molecule has 0 amide bonds. The summed E-state index contributed by atoms with van der Waals surface area (Å²) in [5, 5.41) is 0.296. The van der Waals surface area contributed by atoms with Crippen LogP contribution in [0, 0.1) is 0 Å². The van der Waals surface area contributed by atoms with Crippen molar-refractivity contribution >= 4 is 27.7 Å². The highest BCUT2D eigenvalue weighted by Crippen LogP contribution is 2.15. The Hall–Kier alpha value is -1.16. The van der Waals surface area contributed by atoms with Crippen LogP contribution < -0.4 is 0 Å². The van der Waals surface area contributed by atoms with E-state index in [1.807, 2.05) is 25.1 Å². The van der Waals surface area contributed by atoms with Crippen LogP contribution in [0.4, 0.5) is 0 Å². The van der Waals surface area contributed by atoms with E-state index in [0.717, 1.165) is 17.5 Å². The SMILES string of the molecule is CCOC(=O)c1cc(CC)ccc1CC(=O)CBr. The molecule has 0 aliphatic heterocycles. The molecular weight excluding hydrogens is 296 g/mol. The second-order valence-corrected chi connectivity index (χ2v) is 4.48. The van der Waals surface area contributed by atoms with Crippen molar-refractivity contribution in [3.8, 4) is 0 Å². The highest BCUT2D eigenvalue weighted by Gasteiger charge is 2.15. The van der Waals surface area contributed by atoms with Crippen LogP contribution >= 0.6 is 15.9 Å². The number of carbonyl (C=O) groups is 2. The van der Waals surface area contributed by atoms with Crippen LogP contribution in [0.2, 0.25) is 0 Å². The largest absolute Gasteiger partial charge is 0.462 e. The van der Waals surface area contributed by atoms with Crippen molar-refractivity contribution in [2.75, 3.05) is 11.9 Å². The van der Waals surface area contributed by atoms with Gasteiger partial charge in [0, 0.05) is 6.42 Å². The second-order valence-electron chi connectivity index (χ2n) is 3.91. The molecule has 98 valence electrons. The zero-order valence-corrected chi connectivity index (χ0v) is 12.2. The maximum absolute atomic E-state index is 11.9. The third-order valence-corrected chi connectivity index (χ3v) is 3.24. The molecule has 4 heteroatoms. The van der Waals surface area contributed by atoms with Gasteiger partial charge in [-0.05, 0) is 30.5 Å². The van der Waals surface area contributed by atoms with Gasteiger partial charge in [-0.1, -0.05) is 35.0 Å². The van der Waals surface area contributed by atoms with Crippen molar-refractivity contribution in [2.24, 2.45) is 0 Å². The predicted octanol–water partition coefficient (Wildman–Crippen LogP) is 2.93. The van der Waals surface area contributed by atoms with Gasteiger partial charge in [-0.25, -0.2) is 4.79 Å². The molecule has 0 saturated carbocycles. The molecule has 0 spiro atoms. The number of alkyl halides is 1. The summed E-state index contributed by atoms with van der Waals surface area (Å²) in [4.78, 5) is 23.3. The van der Waals surface area contributed by atoms with Gasteiger partial charge in [0.25, 0.3) is 0 Å². The number of hydrogen-bond donors (Lipinski definition) is 0. The molecule has 0 atom stereocenters. The molecule has 0 aliphatic rings. The molecule has 0 bridgehead atoms. The molecule has 0 aliphatic carbocycles. The molecule has 3 nitrogen and oxygen atoms in total. The number of esters is 1. The summed E-state index contributed by atoms with van der Waals surface area (Å²) >= 11 is 3.13. The summed E-state index contributed by atoms with van der Waals surface area (Å²) in [6.45, 7) is 4.12. The molecule has 1 aromatic carbocycles. The Morgan fingerprint density at radius 2 is 2.00 bits per heavy atom. The van der Waals surface area contributed by atoms with Crippen LogP contribution in [0.15, 0.2) is 18.2 Å². The van der Waals surface area contributed by atoms with Gasteiger partial charge in [0.05, 0.1) is 17.5 Å². The fraction of sp³-hybridized carbons (Fsp3) is 0.429. The van der Waals surface area contributed by atoms with E-state index in [-0.39, 0.29) is 18.2 Å². The molecule has 0 N–H and O–H groups in total. The smallest absolute Gasteiger partial charge is 0.338 e. The van der Waals surface area contributed by atoms with Crippen molar-refractivity contribution in [1.29, 1.82) is 0 Å². The molecular formula is C14H17BrO3. The Morgan fingerprint density at radius 3 is 2.56 bits per heavy atom. The minimum absolute atomic E-state index is 0.0461. The lowest BCUT2D eigenvalue weighted by molar-refractivity contribution is -0.115. The first-order chi connectivity index (χ1) is 8.62. The average molecular weight is 313 g/mol. The molecule has 18 heavy (non-hydrogen) atoms. The van der Waals surface area contributed by atoms with Gasteiger partial charge in [0.1, 0.15) is 5.78 Å². The molecule has 0 radical (unpaired) electrons. The Morgan fingerprint density at radius 1 is 1.28 bits per heavy atom. The fourth-order valence-corrected chi connectivity index (χ4v) is 1.85. The predicted molar refractivity (Wildman–Crippen MR) is 74.3 cm³/mol. The van der Waals surface area contributed by atoms with Gasteiger partial charge < -0.3 is 4.74 Å². The molecule has 0 fully saturated rings. The van der Waals surface area contributed by atoms with Crippen LogP contribution in [0.1, 0.15) is 35.3 Å². The third-order valence-electron chi connectivity index (χ3n) is 2.61. The van der Waals surface area contributed by atoms with E-state index >= 15 is 0 Å². The minimum Gasteiger partial charge on any atom is -0.462 e. The van der Waals surface area contributed by atoms with Crippen molar-refractivity contribution < 1.29 is 14.3 Å². The van der Waals surface area contributed by atoms with Gasteiger partial charge in [-0.15, -0.1) is 0 Å². The first-order valence-electron chi connectivity index (χ1n) is 5.98. The molecule has 0 unspecified atom stereocenters. The number of ether oxygens (including phenoxy) is 1. The maximum Gasteiger partial charge on any atom is 0.338 e. The van der Waals surface area contributed by atoms with E-state index in [9.17, 15) is 9.59 Å². The van der Waals surface area contributed by atoms with E-state index in [1.54, 1.807) is 6.92 Å². The number of Topliss-reactive ketones (excluding diaryl/α,β-unsaturated/α-hetero) is 1. The Labute approximate surface area is 116 Å². The minimum atomic E-state index is -0.356. The number of halogens is 1. The highest BCUT2D eigenvalue weighted by atomic mass is 79.9. The summed E-state index contributed by atoms with van der Waals surface area (Å²) in [5.74, 6) is -0.310. The monoisotopic (exact) mass is 312 g/mol. The Kier molecular flexibility index (Phi) is 6.05. The second kappa shape index (κ2) is 7.31. The van der Waals surface area contributed by atoms with Gasteiger partial charge in [-0.2, -0.15) is 0 Å². The third kappa shape index (κ3) is 3.95. The summed E-state index contributed by atoms with van der Waals surface area (Å²) in [7, 11) is 0. The van der Waals surface area contributed by atoms with Gasteiger partial charge in [0.15, 0.2) is 0 Å². The van der Waals surface area contributed by atoms with Crippen molar-refractivity contribution in [1.82, 2.24) is 0 Å². The van der Waals surface area contributed by atoms with E-state index in [1.165, 1.54) is 0 Å². The van der Waals surface area contributed by atoms with E-state index in [2.05, 4.69) is 15.9 Å². The zero-order valence-electron chi connectivity index (χ0n) is 10.7. The zero-order chi connectivity index (χ0) is 13.5. The molecule has 1 rings (SSSR count). The highest BCUT2D eigenvalue weighted by molar-refractivity contribution is 9.09. The van der Waals surface area contributed by atoms with Gasteiger partial charge in [0.2, 0.25) is 0 Å². The van der Waals surface area contributed by atoms with Crippen molar-refractivity contribution in [3.05, 3.63) is 34.9 Å². The van der Waals surface area contributed by atoms with Gasteiger partial charge in [-0.3, -0.25) is 4.79 Å². The summed E-state index contributed by atoms with van der Waals surface area (Å²) < 4.78 is 5.02. The first kappa shape index (κ1) is 14.9. The summed E-state index contributed by atoms with van der Waals surface area (Å²) in [6.07, 6.45) is 1.10. The standard InChI is InChI=1S/C14H17BrO3/c1-3-10-5-6-11(8-12(16)9-15)13(7-10)14(17)18-4-2/h5-7H,3-4,8-9H2,1-2H3. The lowest BCUT2D eigenvalue weighted by Crippen LogP contribution is -2.12. The summed E-state index contributed by atoms with van der Waals surface area (Å²) in [6, 6.07) is 5.60. The number of benzene rings is 1. The summed E-state index contributed by atoms with van der Waals surface area (Å²) in [5.41, 5.74) is 2.30. The number of rotatable bonds is 6. The fourth-order valence-electron chi connectivity index (χ4n) is 1.66. The van der Waals surface area contributed by atoms with Crippen LogP contribution in [0.3, 0.4) is 0 Å². The lowest BCUT2D eigenvalue weighted by Gasteiger charge is -2.09. The quantitative estimate of drug-likeness (QED) is 0.599. The Balaban J connectivity index is 3.07. The first-order valence-corrected chi connectivity index (χ1v) is 7.11. The number of hydrogen-bond acceptors (Lipinski definition) is 3. The topological polar surface area (TPSA) is 43.4 Å². The van der Waals surface area contributed by atoms with Crippen LogP contribution in [0.5, 0.6) is 0 Å². The molecule has 0 aromatic heterocycles. The number of ketones is 1. The van der Waals surface area contributed by atoms with Crippen molar-refractivity contribution in [3.63, 3.8) is 0 Å². The molecule has 1 aromatic rings. The Bertz CT molecular complexity index is 441. The van der Waals surface area contributed by atoms with Crippen LogP contribution in [0.25, 0.3) is 0 Å². The van der Waals surface area contributed by atoms with E-state index < -0.39 is 0 Å². The normalized spacial score (nSPS) is 10.2.